The van der Waals surface area contributed by atoms with Crippen molar-refractivity contribution in [2.75, 3.05) is 0 Å². The number of nitrogens with zero attached hydrogens (tertiary/aromatic N) is 1. The van der Waals surface area contributed by atoms with Crippen LogP contribution in [0.3, 0.4) is 0 Å². The fraction of sp³-hybridized carbons (Fsp3) is 0.267. The second-order valence-corrected chi connectivity index (χ2v) is 4.50. The van der Waals surface area contributed by atoms with E-state index in [0.29, 0.717) is 18.3 Å². The molecule has 2 rings (SSSR count). The predicted molar refractivity (Wildman–Crippen MR) is 69.1 cm³/mol. The molecular formula is C15H16FNO. The zero-order valence-electron chi connectivity index (χ0n) is 10.6. The maximum Gasteiger partial charge on any atom is 0.213 e. The molecule has 0 saturated carbocycles. The molecule has 0 spiro atoms. The summed E-state index contributed by atoms with van der Waals surface area (Å²) in [6.45, 7) is 4.79. The van der Waals surface area contributed by atoms with E-state index in [1.165, 1.54) is 17.8 Å². The van der Waals surface area contributed by atoms with Gasteiger partial charge in [0.05, 0.1) is 6.20 Å². The number of hydrogen-bond donors (Lipinski definition) is 0. The molecule has 0 unspecified atom stereocenters. The lowest BCUT2D eigenvalue weighted by atomic mass is 10.0. The van der Waals surface area contributed by atoms with Crippen molar-refractivity contribution in [2.45, 2.75) is 26.4 Å². The Labute approximate surface area is 106 Å². The molecule has 94 valence electrons. The zero-order valence-corrected chi connectivity index (χ0v) is 10.6. The first-order chi connectivity index (χ1) is 8.65. The Bertz CT molecular complexity index is 491. The van der Waals surface area contributed by atoms with Crippen molar-refractivity contribution >= 4 is 0 Å². The van der Waals surface area contributed by atoms with E-state index < -0.39 is 5.95 Å². The minimum absolute atomic E-state index is 0.464. The number of pyridine rings is 1. The highest BCUT2D eigenvalue weighted by molar-refractivity contribution is 5.25. The molecule has 0 fully saturated rings. The molecule has 0 aliphatic heterocycles. The summed E-state index contributed by atoms with van der Waals surface area (Å²) < 4.78 is 18.1. The average molecular weight is 245 g/mol. The van der Waals surface area contributed by atoms with E-state index in [1.54, 1.807) is 6.07 Å². The minimum Gasteiger partial charge on any atom is -0.487 e. The van der Waals surface area contributed by atoms with Crippen LogP contribution < -0.4 is 4.74 Å². The van der Waals surface area contributed by atoms with E-state index in [9.17, 15) is 4.39 Å². The van der Waals surface area contributed by atoms with Crippen molar-refractivity contribution < 1.29 is 9.13 Å². The first-order valence-corrected chi connectivity index (χ1v) is 5.98. The largest absolute Gasteiger partial charge is 0.487 e. The van der Waals surface area contributed by atoms with Crippen LogP contribution in [-0.4, -0.2) is 4.98 Å². The fourth-order valence-electron chi connectivity index (χ4n) is 1.61. The first-order valence-electron chi connectivity index (χ1n) is 5.98. The van der Waals surface area contributed by atoms with Crippen molar-refractivity contribution in [3.05, 3.63) is 59.7 Å². The number of aromatic nitrogens is 1. The van der Waals surface area contributed by atoms with Gasteiger partial charge in [-0.15, -0.1) is 0 Å². The average Bonchev–Trinajstić information content (AvgIpc) is 2.38. The smallest absolute Gasteiger partial charge is 0.213 e. The third-order valence-corrected chi connectivity index (χ3v) is 2.75. The van der Waals surface area contributed by atoms with Gasteiger partial charge in [0, 0.05) is 0 Å². The van der Waals surface area contributed by atoms with Crippen LogP contribution in [0.25, 0.3) is 0 Å². The number of benzene rings is 1. The minimum atomic E-state index is -0.497. The van der Waals surface area contributed by atoms with Crippen LogP contribution in [0.4, 0.5) is 4.39 Å². The third-order valence-electron chi connectivity index (χ3n) is 2.75. The van der Waals surface area contributed by atoms with Gasteiger partial charge < -0.3 is 4.74 Å². The highest BCUT2D eigenvalue weighted by atomic mass is 19.1. The van der Waals surface area contributed by atoms with Crippen LogP contribution >= 0.6 is 0 Å². The monoisotopic (exact) mass is 245 g/mol. The Morgan fingerprint density at radius 2 is 1.83 bits per heavy atom. The molecule has 18 heavy (non-hydrogen) atoms. The highest BCUT2D eigenvalue weighted by Gasteiger charge is 2.00. The van der Waals surface area contributed by atoms with Gasteiger partial charge in [-0.2, -0.15) is 4.39 Å². The quantitative estimate of drug-likeness (QED) is 0.761. The molecule has 0 atom stereocenters. The third kappa shape index (κ3) is 3.29. The molecule has 3 heteroatoms. The van der Waals surface area contributed by atoms with Crippen molar-refractivity contribution in [2.24, 2.45) is 0 Å². The lowest BCUT2D eigenvalue weighted by Gasteiger charge is -2.08. The van der Waals surface area contributed by atoms with E-state index in [4.69, 9.17) is 4.74 Å². The molecule has 2 aromatic rings. The van der Waals surface area contributed by atoms with Crippen LogP contribution in [0.5, 0.6) is 5.75 Å². The van der Waals surface area contributed by atoms with E-state index in [1.807, 2.05) is 12.1 Å². The molecule has 0 radical (unpaired) electrons. The zero-order chi connectivity index (χ0) is 13.0. The number of ether oxygens (including phenoxy) is 1. The molecule has 2 nitrogen and oxygen atoms in total. The predicted octanol–water partition coefficient (Wildman–Crippen LogP) is 3.92. The van der Waals surface area contributed by atoms with E-state index >= 15 is 0 Å². The highest BCUT2D eigenvalue weighted by Crippen LogP contribution is 2.16. The summed E-state index contributed by atoms with van der Waals surface area (Å²) in [4.78, 5) is 3.54. The van der Waals surface area contributed by atoms with Crippen LogP contribution in [0.1, 0.15) is 30.9 Å². The standard InChI is InChI=1S/C15H16FNO/c1-11(2)13-5-3-12(4-6-13)10-18-14-7-8-15(16)17-9-14/h3-9,11H,10H2,1-2H3. The van der Waals surface area contributed by atoms with Gasteiger partial charge in [-0.3, -0.25) is 0 Å². The summed E-state index contributed by atoms with van der Waals surface area (Å²) in [5, 5.41) is 0. The van der Waals surface area contributed by atoms with Crippen molar-refractivity contribution in [1.82, 2.24) is 4.98 Å². The molecule has 1 aromatic heterocycles. The van der Waals surface area contributed by atoms with Crippen molar-refractivity contribution in [1.29, 1.82) is 0 Å². The van der Waals surface area contributed by atoms with Gasteiger partial charge >= 0.3 is 0 Å². The van der Waals surface area contributed by atoms with Crippen LogP contribution in [-0.2, 0) is 6.61 Å². The Morgan fingerprint density at radius 3 is 2.39 bits per heavy atom. The van der Waals surface area contributed by atoms with Gasteiger partial charge in [-0.25, -0.2) is 4.98 Å². The Hall–Kier alpha value is -1.90. The van der Waals surface area contributed by atoms with Gasteiger partial charge in [0.15, 0.2) is 0 Å². The summed E-state index contributed by atoms with van der Waals surface area (Å²) in [6, 6.07) is 11.2. The topological polar surface area (TPSA) is 22.1 Å². The molecule has 0 aliphatic carbocycles. The maximum atomic E-state index is 12.6. The Kier molecular flexibility index (Phi) is 3.92. The molecule has 0 aliphatic rings. The van der Waals surface area contributed by atoms with E-state index in [0.717, 1.165) is 5.56 Å². The Morgan fingerprint density at radius 1 is 1.11 bits per heavy atom. The molecular weight excluding hydrogens is 229 g/mol. The molecule has 0 amide bonds. The van der Waals surface area contributed by atoms with Crippen molar-refractivity contribution in [3.8, 4) is 5.75 Å². The lowest BCUT2D eigenvalue weighted by Crippen LogP contribution is -1.97. The SMILES string of the molecule is CC(C)c1ccc(COc2ccc(F)nc2)cc1. The summed E-state index contributed by atoms with van der Waals surface area (Å²) >= 11 is 0. The van der Waals surface area contributed by atoms with Gasteiger partial charge in [0.1, 0.15) is 12.4 Å². The summed E-state index contributed by atoms with van der Waals surface area (Å²) in [6.07, 6.45) is 1.39. The second-order valence-electron chi connectivity index (χ2n) is 4.50. The van der Waals surface area contributed by atoms with Gasteiger partial charge in [0.25, 0.3) is 0 Å². The van der Waals surface area contributed by atoms with Gasteiger partial charge in [-0.1, -0.05) is 38.1 Å². The number of halogens is 1. The first kappa shape index (κ1) is 12.6. The summed E-state index contributed by atoms with van der Waals surface area (Å²) in [7, 11) is 0. The number of hydrogen-bond acceptors (Lipinski definition) is 2. The molecule has 0 N–H and O–H groups in total. The van der Waals surface area contributed by atoms with Crippen LogP contribution in [0.2, 0.25) is 0 Å². The van der Waals surface area contributed by atoms with Crippen LogP contribution in [0.15, 0.2) is 42.6 Å². The fourth-order valence-corrected chi connectivity index (χ4v) is 1.61. The van der Waals surface area contributed by atoms with E-state index in [-0.39, 0.29) is 0 Å². The second kappa shape index (κ2) is 5.63. The summed E-state index contributed by atoms with van der Waals surface area (Å²) in [5.41, 5.74) is 2.39. The summed E-state index contributed by atoms with van der Waals surface area (Å²) in [5.74, 6) is 0.606. The molecule has 0 bridgehead atoms. The van der Waals surface area contributed by atoms with E-state index in [2.05, 4.69) is 31.0 Å². The maximum absolute atomic E-state index is 12.6. The van der Waals surface area contributed by atoms with Gasteiger partial charge in [-0.05, 0) is 29.2 Å². The molecule has 1 aromatic carbocycles. The number of rotatable bonds is 4. The normalized spacial score (nSPS) is 10.7. The molecule has 1 heterocycles. The van der Waals surface area contributed by atoms with Crippen molar-refractivity contribution in [3.63, 3.8) is 0 Å². The Balaban J connectivity index is 1.95. The molecule has 0 saturated heterocycles. The lowest BCUT2D eigenvalue weighted by molar-refractivity contribution is 0.304. The van der Waals surface area contributed by atoms with Gasteiger partial charge in [0.2, 0.25) is 5.95 Å². The van der Waals surface area contributed by atoms with Crippen LogP contribution in [0, 0.1) is 5.95 Å².